The molecule has 206 valence electrons. The van der Waals surface area contributed by atoms with Crippen molar-refractivity contribution in [2.24, 2.45) is 0 Å². The van der Waals surface area contributed by atoms with E-state index >= 15 is 8.78 Å². The number of fused-ring (bicyclic) bond motifs is 1. The Morgan fingerprint density at radius 1 is 1.13 bits per heavy atom. The Kier molecular flexibility index (Phi) is 7.75. The van der Waals surface area contributed by atoms with Gasteiger partial charge in [-0.15, -0.1) is 0 Å². The van der Waals surface area contributed by atoms with Crippen LogP contribution in [0.3, 0.4) is 0 Å². The zero-order chi connectivity index (χ0) is 27.5. The van der Waals surface area contributed by atoms with E-state index < -0.39 is 11.6 Å². The van der Waals surface area contributed by atoms with Crippen molar-refractivity contribution in [3.8, 4) is 22.8 Å². The van der Waals surface area contributed by atoms with Crippen LogP contribution in [0.5, 0.6) is 11.5 Å². The van der Waals surface area contributed by atoms with E-state index in [1.807, 2.05) is 11.0 Å². The quantitative estimate of drug-likeness (QED) is 0.416. The summed E-state index contributed by atoms with van der Waals surface area (Å²) >= 11 is 0. The van der Waals surface area contributed by atoms with E-state index in [9.17, 15) is 4.79 Å². The van der Waals surface area contributed by atoms with Crippen molar-refractivity contribution in [2.45, 2.75) is 18.5 Å². The third-order valence-electron chi connectivity index (χ3n) is 6.71. The number of ether oxygens (including phenoxy) is 4. The van der Waals surface area contributed by atoms with Crippen LogP contribution in [-0.2, 0) is 14.3 Å². The van der Waals surface area contributed by atoms with E-state index in [-0.39, 0.29) is 47.5 Å². The SMILES string of the molecule is C=CC(=O)N[C@H]1COC[C@H]1Nc1cc2c(N3CCCOC3)nc(-c3c(F)c(OC)cc(OC)c3F)cc2cn1. The number of hydrogen-bond donors (Lipinski definition) is 2. The molecule has 2 N–H and O–H groups in total. The van der Waals surface area contributed by atoms with E-state index in [2.05, 4.69) is 22.2 Å². The molecule has 0 unspecified atom stereocenters. The molecule has 0 radical (unpaired) electrons. The molecule has 0 bridgehead atoms. The molecule has 0 aliphatic carbocycles. The van der Waals surface area contributed by atoms with Crippen LogP contribution in [0, 0.1) is 11.6 Å². The van der Waals surface area contributed by atoms with Gasteiger partial charge in [0.1, 0.15) is 18.4 Å². The average molecular weight is 542 g/mol. The Hall–Kier alpha value is -4.03. The summed E-state index contributed by atoms with van der Waals surface area (Å²) in [5.41, 5.74) is -0.299. The number of benzene rings is 1. The molecule has 1 aromatic carbocycles. The molecule has 2 saturated heterocycles. The molecule has 5 rings (SSSR count). The van der Waals surface area contributed by atoms with E-state index in [0.717, 1.165) is 12.5 Å². The number of amides is 1. The van der Waals surface area contributed by atoms with Crippen molar-refractivity contribution in [1.29, 1.82) is 0 Å². The Morgan fingerprint density at radius 2 is 1.87 bits per heavy atom. The lowest BCUT2D eigenvalue weighted by Crippen LogP contribution is -2.45. The summed E-state index contributed by atoms with van der Waals surface area (Å²) in [5, 5.41) is 7.50. The van der Waals surface area contributed by atoms with Gasteiger partial charge >= 0.3 is 0 Å². The summed E-state index contributed by atoms with van der Waals surface area (Å²) in [6.45, 7) is 5.75. The van der Waals surface area contributed by atoms with Crippen molar-refractivity contribution in [1.82, 2.24) is 15.3 Å². The van der Waals surface area contributed by atoms with Crippen molar-refractivity contribution in [3.63, 3.8) is 0 Å². The second-order valence-corrected chi connectivity index (χ2v) is 9.17. The van der Waals surface area contributed by atoms with Crippen molar-refractivity contribution < 1.29 is 32.5 Å². The predicted octanol–water partition coefficient (Wildman–Crippen LogP) is 3.26. The monoisotopic (exact) mass is 541 g/mol. The zero-order valence-corrected chi connectivity index (χ0v) is 21.6. The lowest BCUT2D eigenvalue weighted by atomic mass is 10.0. The van der Waals surface area contributed by atoms with Crippen molar-refractivity contribution in [3.05, 3.63) is 48.7 Å². The Bertz CT molecular complexity index is 1370. The van der Waals surface area contributed by atoms with E-state index in [1.165, 1.54) is 20.3 Å². The molecule has 2 fully saturated rings. The molecule has 2 aliphatic heterocycles. The molecular weight excluding hydrogens is 512 g/mol. The van der Waals surface area contributed by atoms with Crippen LogP contribution in [0.25, 0.3) is 22.0 Å². The molecule has 1 amide bonds. The van der Waals surface area contributed by atoms with E-state index in [1.54, 1.807) is 12.3 Å². The van der Waals surface area contributed by atoms with Gasteiger partial charge in [-0.25, -0.2) is 18.7 Å². The third-order valence-corrected chi connectivity index (χ3v) is 6.71. The second kappa shape index (κ2) is 11.4. The van der Waals surface area contributed by atoms with Gasteiger partial charge in [-0.1, -0.05) is 6.58 Å². The van der Waals surface area contributed by atoms with Crippen molar-refractivity contribution >= 4 is 28.3 Å². The number of halogens is 2. The molecular formula is C27H29F2N5O5. The van der Waals surface area contributed by atoms with E-state index in [0.29, 0.717) is 48.8 Å². The maximum Gasteiger partial charge on any atom is 0.243 e. The standard InChI is InChI=1S/C27H29F2N5O5/c1-4-23(35)32-19-13-39-12-18(19)31-22-9-16-15(11-30-22)8-17(33-27(16)34-6-5-7-38-14-34)24-25(28)20(36-2)10-21(37-3)26(24)29/h4,8-11,18-19H,1,5-7,12-14H2,2-3H3,(H,30,31)(H,32,35)/t18-,19+/m1/s1. The van der Waals surface area contributed by atoms with Gasteiger partial charge in [0.25, 0.3) is 0 Å². The summed E-state index contributed by atoms with van der Waals surface area (Å²) in [6.07, 6.45) is 3.59. The minimum Gasteiger partial charge on any atom is -0.494 e. The van der Waals surface area contributed by atoms with Gasteiger partial charge in [-0.05, 0) is 24.6 Å². The first-order valence-corrected chi connectivity index (χ1v) is 12.4. The van der Waals surface area contributed by atoms with Crippen LogP contribution in [0.1, 0.15) is 6.42 Å². The highest BCUT2D eigenvalue weighted by atomic mass is 19.1. The number of carbonyl (C=O) groups is 1. The van der Waals surface area contributed by atoms with Crippen LogP contribution in [0.15, 0.2) is 37.1 Å². The number of anilines is 2. The van der Waals surface area contributed by atoms with Gasteiger partial charge in [0.2, 0.25) is 5.91 Å². The van der Waals surface area contributed by atoms with Crippen LogP contribution >= 0.6 is 0 Å². The van der Waals surface area contributed by atoms with Gasteiger partial charge in [-0.3, -0.25) is 4.79 Å². The number of rotatable bonds is 8. The Balaban J connectivity index is 1.59. The fraction of sp³-hybridized carbons (Fsp3) is 0.370. The fourth-order valence-corrected chi connectivity index (χ4v) is 4.72. The topological polar surface area (TPSA) is 107 Å². The third kappa shape index (κ3) is 5.30. The molecule has 2 aromatic heterocycles. The molecule has 2 aliphatic rings. The van der Waals surface area contributed by atoms with Crippen molar-refractivity contribution in [2.75, 3.05) is 57.5 Å². The molecule has 2 atom stereocenters. The molecule has 4 heterocycles. The highest BCUT2D eigenvalue weighted by molar-refractivity contribution is 5.96. The first-order chi connectivity index (χ1) is 18.9. The van der Waals surface area contributed by atoms with Gasteiger partial charge in [0, 0.05) is 29.6 Å². The number of nitrogens with one attached hydrogen (secondary N) is 2. The van der Waals surface area contributed by atoms with Crippen LogP contribution in [-0.4, -0.2) is 75.3 Å². The Labute approximate surface area is 223 Å². The van der Waals surface area contributed by atoms with Crippen LogP contribution in [0.2, 0.25) is 0 Å². The molecule has 3 aromatic rings. The van der Waals surface area contributed by atoms with E-state index in [4.69, 9.17) is 23.9 Å². The van der Waals surface area contributed by atoms with Gasteiger partial charge in [0.05, 0.1) is 57.4 Å². The average Bonchev–Trinajstić information content (AvgIpc) is 3.39. The predicted molar refractivity (Wildman–Crippen MR) is 141 cm³/mol. The molecule has 12 heteroatoms. The van der Waals surface area contributed by atoms with Gasteiger partial charge in [0.15, 0.2) is 23.1 Å². The highest BCUT2D eigenvalue weighted by Gasteiger charge is 2.30. The zero-order valence-electron chi connectivity index (χ0n) is 21.6. The lowest BCUT2D eigenvalue weighted by molar-refractivity contribution is -0.117. The smallest absolute Gasteiger partial charge is 0.243 e. The summed E-state index contributed by atoms with van der Waals surface area (Å²) in [4.78, 5) is 23.0. The van der Waals surface area contributed by atoms with Gasteiger partial charge in [-0.2, -0.15) is 0 Å². The minimum absolute atomic E-state index is 0.0641. The van der Waals surface area contributed by atoms with Crippen LogP contribution < -0.4 is 25.0 Å². The summed E-state index contributed by atoms with van der Waals surface area (Å²) in [5.74, 6) is -1.36. The van der Waals surface area contributed by atoms with Crippen LogP contribution in [0.4, 0.5) is 20.4 Å². The molecule has 0 spiro atoms. The summed E-state index contributed by atoms with van der Waals surface area (Å²) in [6, 6.07) is 4.07. The molecule has 10 nitrogen and oxygen atoms in total. The number of nitrogens with zero attached hydrogens (tertiary/aromatic N) is 3. The fourth-order valence-electron chi connectivity index (χ4n) is 4.72. The highest BCUT2D eigenvalue weighted by Crippen LogP contribution is 2.39. The largest absolute Gasteiger partial charge is 0.494 e. The molecule has 0 saturated carbocycles. The number of carbonyl (C=O) groups excluding carboxylic acids is 1. The summed E-state index contributed by atoms with van der Waals surface area (Å²) < 4.78 is 52.2. The second-order valence-electron chi connectivity index (χ2n) is 9.17. The number of pyridine rings is 2. The maximum atomic E-state index is 15.4. The Morgan fingerprint density at radius 3 is 2.54 bits per heavy atom. The number of methoxy groups -OCH3 is 2. The first-order valence-electron chi connectivity index (χ1n) is 12.4. The number of aromatic nitrogens is 2. The van der Waals surface area contributed by atoms with Gasteiger partial charge < -0.3 is 34.5 Å². The minimum atomic E-state index is -0.886. The normalized spacial score (nSPS) is 19.1. The summed E-state index contributed by atoms with van der Waals surface area (Å²) in [7, 11) is 2.59. The lowest BCUT2D eigenvalue weighted by Gasteiger charge is -2.29. The molecule has 39 heavy (non-hydrogen) atoms. The maximum absolute atomic E-state index is 15.4. The number of hydrogen-bond acceptors (Lipinski definition) is 9. The first kappa shape index (κ1) is 26.6.